The number of carbonyl (C=O) groups is 1. The summed E-state index contributed by atoms with van der Waals surface area (Å²) in [6.45, 7) is 1.30. The minimum Gasteiger partial charge on any atom is -0.476 e. The summed E-state index contributed by atoms with van der Waals surface area (Å²) in [5, 5.41) is 21.1. The maximum atomic E-state index is 13.0. The van der Waals surface area contributed by atoms with E-state index < -0.39 is 40.2 Å². The molecule has 0 fully saturated rings. The van der Waals surface area contributed by atoms with Crippen molar-refractivity contribution in [3.05, 3.63) is 90.9 Å². The molecule has 13 heteroatoms. The third-order valence-corrected chi connectivity index (χ3v) is 6.04. The second kappa shape index (κ2) is 11.3. The number of ketones is 1. The van der Waals surface area contributed by atoms with Crippen LogP contribution in [-0.2, 0) is 11.0 Å². The molecule has 0 aliphatic rings. The highest BCUT2D eigenvalue weighted by Gasteiger charge is 2.32. The van der Waals surface area contributed by atoms with E-state index in [2.05, 4.69) is 0 Å². The van der Waals surface area contributed by atoms with Gasteiger partial charge in [0.2, 0.25) is 5.75 Å². The summed E-state index contributed by atoms with van der Waals surface area (Å²) >= 11 is 17.8. The molecule has 0 aromatic heterocycles. The van der Waals surface area contributed by atoms with E-state index in [0.717, 1.165) is 24.3 Å². The van der Waals surface area contributed by atoms with E-state index in [1.807, 2.05) is 6.07 Å². The number of rotatable bonds is 8. The summed E-state index contributed by atoms with van der Waals surface area (Å²) in [6, 6.07) is 11.8. The number of hydrogen-bond acceptors (Lipinski definition) is 6. The zero-order chi connectivity index (χ0) is 27.5. The number of Topliss-reactive ketones (excluding diaryl/α,β-unsaturated/α-hetero) is 1. The number of nitro benzene ring substituents is 1. The van der Waals surface area contributed by atoms with Crippen LogP contribution < -0.4 is 9.47 Å². The normalized spacial score (nSPS) is 12.8. The number of hydrogen-bond donors (Lipinski definition) is 0. The summed E-state index contributed by atoms with van der Waals surface area (Å²) in [5.41, 5.74) is -1.26. The predicted molar refractivity (Wildman–Crippen MR) is 130 cm³/mol. The van der Waals surface area contributed by atoms with Crippen molar-refractivity contribution in [2.45, 2.75) is 25.1 Å². The molecule has 7 nitrogen and oxygen atoms in total. The second-order valence-corrected chi connectivity index (χ2v) is 8.75. The van der Waals surface area contributed by atoms with Crippen LogP contribution in [0, 0.1) is 21.4 Å². The minimum atomic E-state index is -4.61. The summed E-state index contributed by atoms with van der Waals surface area (Å²) in [7, 11) is 0. The Morgan fingerprint density at radius 1 is 1.00 bits per heavy atom. The fourth-order valence-electron chi connectivity index (χ4n) is 3.17. The highest BCUT2D eigenvalue weighted by Crippen LogP contribution is 2.39. The molecule has 0 heterocycles. The smallest absolute Gasteiger partial charge is 0.416 e. The first kappa shape index (κ1) is 28.1. The number of carbonyl (C=O) groups excluding carboxylic acids is 1. The summed E-state index contributed by atoms with van der Waals surface area (Å²) in [5.74, 6) is -2.62. The number of halogens is 6. The molecule has 0 radical (unpaired) electrons. The van der Waals surface area contributed by atoms with Gasteiger partial charge >= 0.3 is 11.9 Å². The molecule has 0 saturated carbocycles. The number of alkyl halides is 3. The van der Waals surface area contributed by atoms with E-state index in [1.165, 1.54) is 31.2 Å². The van der Waals surface area contributed by atoms with Crippen LogP contribution in [0.2, 0.25) is 15.1 Å². The molecular formula is C24H14Cl3F3N2O5. The van der Waals surface area contributed by atoms with Gasteiger partial charge in [-0.2, -0.15) is 18.4 Å². The van der Waals surface area contributed by atoms with Gasteiger partial charge < -0.3 is 9.47 Å². The van der Waals surface area contributed by atoms with E-state index in [4.69, 9.17) is 44.3 Å². The van der Waals surface area contributed by atoms with E-state index in [0.29, 0.717) is 6.07 Å². The lowest BCUT2D eigenvalue weighted by Gasteiger charge is -2.18. The van der Waals surface area contributed by atoms with Gasteiger partial charge in [0.1, 0.15) is 17.4 Å². The van der Waals surface area contributed by atoms with Gasteiger partial charge in [-0.25, -0.2) is 0 Å². The van der Waals surface area contributed by atoms with Crippen molar-refractivity contribution in [1.82, 2.24) is 0 Å². The fraction of sp³-hybridized carbons (Fsp3) is 0.167. The molecule has 0 bridgehead atoms. The van der Waals surface area contributed by atoms with Gasteiger partial charge in [0.15, 0.2) is 11.9 Å². The molecule has 2 atom stereocenters. The molecule has 3 aromatic carbocycles. The van der Waals surface area contributed by atoms with Crippen molar-refractivity contribution in [2.75, 3.05) is 0 Å². The zero-order valence-electron chi connectivity index (χ0n) is 18.6. The van der Waals surface area contributed by atoms with Crippen LogP contribution in [0.3, 0.4) is 0 Å². The van der Waals surface area contributed by atoms with Crippen molar-refractivity contribution in [3.8, 4) is 23.3 Å². The Balaban J connectivity index is 1.87. The van der Waals surface area contributed by atoms with Gasteiger partial charge in [-0.05, 0) is 48.9 Å². The number of nitro groups is 1. The number of ether oxygens (including phenoxy) is 2. The molecule has 37 heavy (non-hydrogen) atoms. The standard InChI is InChI=1S/C24H14Cl3F3N2O5/c1-12(23(33)16(11-31)13-2-5-17(25)18(26)8-13)36-22-10-15(4-6-20(22)32(34)35)37-21-7-3-14(9-19(21)27)24(28,29)30/h2-10,12,16H,1H3. The van der Waals surface area contributed by atoms with Crippen molar-refractivity contribution in [3.63, 3.8) is 0 Å². The number of nitriles is 1. The fourth-order valence-corrected chi connectivity index (χ4v) is 3.69. The van der Waals surface area contributed by atoms with Crippen molar-refractivity contribution in [1.29, 1.82) is 5.26 Å². The zero-order valence-corrected chi connectivity index (χ0v) is 20.8. The highest BCUT2D eigenvalue weighted by molar-refractivity contribution is 6.42. The predicted octanol–water partition coefficient (Wildman–Crippen LogP) is 8.01. The Morgan fingerprint density at radius 3 is 2.27 bits per heavy atom. The summed E-state index contributed by atoms with van der Waals surface area (Å²) < 4.78 is 49.6. The van der Waals surface area contributed by atoms with E-state index in [-0.39, 0.29) is 37.9 Å². The van der Waals surface area contributed by atoms with E-state index in [1.54, 1.807) is 0 Å². The summed E-state index contributed by atoms with van der Waals surface area (Å²) in [6.07, 6.45) is -5.94. The molecule has 2 unspecified atom stereocenters. The van der Waals surface area contributed by atoms with Crippen molar-refractivity contribution in [2.24, 2.45) is 0 Å². The average Bonchev–Trinajstić information content (AvgIpc) is 2.82. The van der Waals surface area contributed by atoms with Crippen molar-refractivity contribution < 1.29 is 32.4 Å². The topological polar surface area (TPSA) is 102 Å². The molecule has 192 valence electrons. The Hall–Kier alpha value is -3.52. The number of benzene rings is 3. The SMILES string of the molecule is CC(Oc1cc(Oc2ccc(C(F)(F)F)cc2Cl)ccc1[N+](=O)[O-])C(=O)C(C#N)c1ccc(Cl)c(Cl)c1. The van der Waals surface area contributed by atoms with Crippen molar-refractivity contribution >= 4 is 46.3 Å². The first-order valence-electron chi connectivity index (χ1n) is 10.2. The van der Waals surface area contributed by atoms with Gasteiger partial charge in [-0.3, -0.25) is 14.9 Å². The third kappa shape index (κ3) is 6.63. The Labute approximate surface area is 223 Å². The monoisotopic (exact) mass is 572 g/mol. The largest absolute Gasteiger partial charge is 0.476 e. The molecule has 0 amide bonds. The minimum absolute atomic E-state index is 0.0665. The lowest BCUT2D eigenvalue weighted by Crippen LogP contribution is -2.29. The van der Waals surface area contributed by atoms with Crippen LogP contribution in [-0.4, -0.2) is 16.8 Å². The van der Waals surface area contributed by atoms with E-state index in [9.17, 15) is 33.3 Å². The van der Waals surface area contributed by atoms with Crippen LogP contribution in [0.15, 0.2) is 54.6 Å². The average molecular weight is 574 g/mol. The molecule has 3 aromatic rings. The molecule has 0 aliphatic heterocycles. The van der Waals surface area contributed by atoms with Crippen LogP contribution >= 0.6 is 34.8 Å². The van der Waals surface area contributed by atoms with Crippen LogP contribution in [0.5, 0.6) is 17.2 Å². The van der Waals surface area contributed by atoms with Gasteiger partial charge in [-0.15, -0.1) is 0 Å². The van der Waals surface area contributed by atoms with Gasteiger partial charge in [0, 0.05) is 12.1 Å². The lowest BCUT2D eigenvalue weighted by molar-refractivity contribution is -0.386. The second-order valence-electron chi connectivity index (χ2n) is 7.53. The molecular weight excluding hydrogens is 560 g/mol. The Morgan fingerprint density at radius 2 is 1.70 bits per heavy atom. The Kier molecular flexibility index (Phi) is 8.53. The van der Waals surface area contributed by atoms with Crippen LogP contribution in [0.25, 0.3) is 0 Å². The van der Waals surface area contributed by atoms with Gasteiger partial charge in [0.05, 0.1) is 31.6 Å². The molecule has 3 rings (SSSR count). The maximum Gasteiger partial charge on any atom is 0.416 e. The quantitative estimate of drug-likeness (QED) is 0.200. The third-order valence-electron chi connectivity index (χ3n) is 5.01. The Bertz CT molecular complexity index is 1410. The molecule has 0 aliphatic carbocycles. The first-order chi connectivity index (χ1) is 17.3. The molecule has 0 N–H and O–H groups in total. The number of nitrogens with zero attached hydrogens (tertiary/aromatic N) is 2. The van der Waals surface area contributed by atoms with Crippen LogP contribution in [0.1, 0.15) is 24.0 Å². The summed E-state index contributed by atoms with van der Waals surface area (Å²) in [4.78, 5) is 23.7. The molecule has 0 saturated heterocycles. The van der Waals surface area contributed by atoms with Gasteiger partial charge in [0.25, 0.3) is 0 Å². The first-order valence-corrected chi connectivity index (χ1v) is 11.3. The van der Waals surface area contributed by atoms with Gasteiger partial charge in [-0.1, -0.05) is 40.9 Å². The maximum absolute atomic E-state index is 13.0. The lowest BCUT2D eigenvalue weighted by atomic mass is 9.93. The van der Waals surface area contributed by atoms with Crippen LogP contribution in [0.4, 0.5) is 18.9 Å². The highest BCUT2D eigenvalue weighted by atomic mass is 35.5. The molecule has 0 spiro atoms. The van der Waals surface area contributed by atoms with E-state index >= 15 is 0 Å².